The smallest absolute Gasteiger partial charge is 0.266 e. The van der Waals surface area contributed by atoms with Crippen molar-refractivity contribution >= 4 is 33.0 Å². The van der Waals surface area contributed by atoms with Crippen molar-refractivity contribution in [3.63, 3.8) is 0 Å². The van der Waals surface area contributed by atoms with Crippen molar-refractivity contribution < 1.29 is 4.79 Å². The number of thiophene rings is 1. The highest BCUT2D eigenvalue weighted by atomic mass is 32.1. The Morgan fingerprint density at radius 1 is 1.52 bits per heavy atom. The molecular formula is C16H19N3OS. The third-order valence-electron chi connectivity index (χ3n) is 3.46. The lowest BCUT2D eigenvalue weighted by molar-refractivity contribution is 0.0758. The molecule has 2 aromatic rings. The van der Waals surface area contributed by atoms with Crippen molar-refractivity contribution in [1.29, 1.82) is 5.26 Å². The van der Waals surface area contributed by atoms with Gasteiger partial charge in [-0.05, 0) is 32.9 Å². The van der Waals surface area contributed by atoms with Crippen LogP contribution in [0.5, 0.6) is 0 Å². The zero-order chi connectivity index (χ0) is 15.6. The largest absolute Gasteiger partial charge is 0.397 e. The number of nitriles is 1. The molecule has 1 aromatic carbocycles. The van der Waals surface area contributed by atoms with Crippen molar-refractivity contribution in [2.75, 3.05) is 18.8 Å². The van der Waals surface area contributed by atoms with Gasteiger partial charge in [0, 0.05) is 23.2 Å². The summed E-state index contributed by atoms with van der Waals surface area (Å²) in [5.41, 5.74) is 7.83. The molecule has 0 aliphatic carbocycles. The van der Waals surface area contributed by atoms with Crippen LogP contribution in [0.2, 0.25) is 0 Å². The van der Waals surface area contributed by atoms with E-state index in [-0.39, 0.29) is 11.8 Å². The average molecular weight is 301 g/mol. The molecule has 21 heavy (non-hydrogen) atoms. The molecule has 1 heterocycles. The van der Waals surface area contributed by atoms with Crippen LogP contribution < -0.4 is 5.73 Å². The second kappa shape index (κ2) is 6.15. The number of fused-ring (bicyclic) bond motifs is 1. The Labute approximate surface area is 128 Å². The Bertz CT molecular complexity index is 714. The number of aryl methyl sites for hydroxylation is 1. The molecule has 1 unspecified atom stereocenters. The van der Waals surface area contributed by atoms with Gasteiger partial charge in [-0.3, -0.25) is 4.79 Å². The van der Waals surface area contributed by atoms with E-state index in [1.807, 2.05) is 39.0 Å². The first-order valence-electron chi connectivity index (χ1n) is 6.95. The van der Waals surface area contributed by atoms with Crippen molar-refractivity contribution in [2.24, 2.45) is 5.92 Å². The Morgan fingerprint density at radius 2 is 2.24 bits per heavy atom. The van der Waals surface area contributed by atoms with Gasteiger partial charge < -0.3 is 10.6 Å². The van der Waals surface area contributed by atoms with Crippen LogP contribution >= 0.6 is 11.3 Å². The highest BCUT2D eigenvalue weighted by molar-refractivity contribution is 7.21. The first-order valence-corrected chi connectivity index (χ1v) is 7.77. The Balaban J connectivity index is 2.38. The maximum absolute atomic E-state index is 12.6. The van der Waals surface area contributed by atoms with Gasteiger partial charge in [0.25, 0.3) is 5.91 Å². The molecule has 4 nitrogen and oxygen atoms in total. The van der Waals surface area contributed by atoms with Crippen LogP contribution in [0.1, 0.15) is 29.1 Å². The van der Waals surface area contributed by atoms with Crippen LogP contribution in [0.25, 0.3) is 10.1 Å². The second-order valence-electron chi connectivity index (χ2n) is 5.22. The average Bonchev–Trinajstić information content (AvgIpc) is 2.80. The maximum Gasteiger partial charge on any atom is 0.266 e. The minimum absolute atomic E-state index is 0.0871. The molecule has 0 saturated carbocycles. The minimum Gasteiger partial charge on any atom is -0.397 e. The first kappa shape index (κ1) is 15.3. The number of carbonyl (C=O) groups excluding carboxylic acids is 1. The Hall–Kier alpha value is -2.06. The molecule has 1 aromatic heterocycles. The molecule has 0 radical (unpaired) electrons. The van der Waals surface area contributed by atoms with E-state index in [0.29, 0.717) is 23.7 Å². The summed E-state index contributed by atoms with van der Waals surface area (Å²) >= 11 is 1.42. The van der Waals surface area contributed by atoms with Crippen molar-refractivity contribution in [1.82, 2.24) is 4.90 Å². The third-order valence-corrected chi connectivity index (χ3v) is 4.63. The molecule has 110 valence electrons. The lowest BCUT2D eigenvalue weighted by Crippen LogP contribution is -2.34. The van der Waals surface area contributed by atoms with E-state index in [2.05, 4.69) is 6.07 Å². The molecule has 5 heteroatoms. The number of rotatable bonds is 4. The van der Waals surface area contributed by atoms with E-state index in [9.17, 15) is 4.79 Å². The molecule has 0 fully saturated rings. The second-order valence-corrected chi connectivity index (χ2v) is 6.27. The highest BCUT2D eigenvalue weighted by Gasteiger charge is 2.22. The maximum atomic E-state index is 12.6. The fourth-order valence-corrected chi connectivity index (χ4v) is 3.33. The molecule has 2 N–H and O–H groups in total. The summed E-state index contributed by atoms with van der Waals surface area (Å²) in [7, 11) is 0. The van der Waals surface area contributed by atoms with Gasteiger partial charge in [-0.25, -0.2) is 0 Å². The minimum atomic E-state index is -0.188. The van der Waals surface area contributed by atoms with E-state index in [1.165, 1.54) is 11.3 Å². The van der Waals surface area contributed by atoms with Gasteiger partial charge in [0.2, 0.25) is 0 Å². The van der Waals surface area contributed by atoms with Crippen LogP contribution in [0.15, 0.2) is 18.2 Å². The Morgan fingerprint density at radius 3 is 2.86 bits per heavy atom. The highest BCUT2D eigenvalue weighted by Crippen LogP contribution is 2.35. The number of amides is 1. The van der Waals surface area contributed by atoms with Gasteiger partial charge in [0.05, 0.1) is 17.7 Å². The van der Waals surface area contributed by atoms with Gasteiger partial charge in [-0.1, -0.05) is 11.6 Å². The Kier molecular flexibility index (Phi) is 4.49. The van der Waals surface area contributed by atoms with E-state index in [1.54, 1.807) is 4.90 Å². The number of benzene rings is 1. The zero-order valence-electron chi connectivity index (χ0n) is 12.5. The molecule has 1 atom stereocenters. The summed E-state index contributed by atoms with van der Waals surface area (Å²) in [6, 6.07) is 8.18. The number of nitrogen functional groups attached to an aromatic ring is 1. The van der Waals surface area contributed by atoms with Crippen LogP contribution in [-0.2, 0) is 0 Å². The summed E-state index contributed by atoms with van der Waals surface area (Å²) < 4.78 is 1.02. The summed E-state index contributed by atoms with van der Waals surface area (Å²) in [6.45, 7) is 6.73. The quantitative estimate of drug-likeness (QED) is 0.940. The van der Waals surface area contributed by atoms with Gasteiger partial charge in [-0.2, -0.15) is 5.26 Å². The monoisotopic (exact) mass is 301 g/mol. The standard InChI is InChI=1S/C16H19N3OS/c1-4-19(9-11(3)8-17)16(20)15-14(18)12-7-10(2)5-6-13(12)21-15/h5-7,11H,4,9,18H2,1-3H3. The van der Waals surface area contributed by atoms with Crippen LogP contribution in [0.4, 0.5) is 5.69 Å². The van der Waals surface area contributed by atoms with Crippen molar-refractivity contribution in [2.45, 2.75) is 20.8 Å². The normalized spacial score (nSPS) is 12.1. The van der Waals surface area contributed by atoms with Crippen LogP contribution in [0, 0.1) is 24.2 Å². The van der Waals surface area contributed by atoms with E-state index in [4.69, 9.17) is 11.0 Å². The van der Waals surface area contributed by atoms with E-state index < -0.39 is 0 Å². The van der Waals surface area contributed by atoms with Gasteiger partial charge in [0.15, 0.2) is 0 Å². The van der Waals surface area contributed by atoms with E-state index in [0.717, 1.165) is 15.6 Å². The molecule has 1 amide bonds. The van der Waals surface area contributed by atoms with Crippen LogP contribution in [0.3, 0.4) is 0 Å². The first-order chi connectivity index (χ1) is 9.97. The number of nitrogens with two attached hydrogens (primary N) is 1. The van der Waals surface area contributed by atoms with Crippen LogP contribution in [-0.4, -0.2) is 23.9 Å². The molecule has 0 bridgehead atoms. The predicted octanol–water partition coefficient (Wildman–Crippen LogP) is 3.41. The van der Waals surface area contributed by atoms with Gasteiger partial charge in [0.1, 0.15) is 4.88 Å². The lowest BCUT2D eigenvalue weighted by Gasteiger charge is -2.21. The molecule has 0 aliphatic heterocycles. The van der Waals surface area contributed by atoms with E-state index >= 15 is 0 Å². The molecular weight excluding hydrogens is 282 g/mol. The van der Waals surface area contributed by atoms with Gasteiger partial charge in [-0.15, -0.1) is 11.3 Å². The SMILES string of the molecule is CCN(CC(C)C#N)C(=O)c1sc2ccc(C)cc2c1N. The molecule has 2 rings (SSSR count). The number of hydrogen-bond donors (Lipinski definition) is 1. The fourth-order valence-electron chi connectivity index (χ4n) is 2.26. The predicted molar refractivity (Wildman–Crippen MR) is 87.3 cm³/mol. The number of carbonyl (C=O) groups is 1. The van der Waals surface area contributed by atoms with Gasteiger partial charge >= 0.3 is 0 Å². The summed E-state index contributed by atoms with van der Waals surface area (Å²) in [6.07, 6.45) is 0. The number of nitrogens with zero attached hydrogens (tertiary/aromatic N) is 2. The zero-order valence-corrected chi connectivity index (χ0v) is 13.3. The summed E-state index contributed by atoms with van der Waals surface area (Å²) in [5, 5.41) is 9.86. The molecule has 0 spiro atoms. The van der Waals surface area contributed by atoms with Crippen molar-refractivity contribution in [3.8, 4) is 6.07 Å². The van der Waals surface area contributed by atoms with Crippen molar-refractivity contribution in [3.05, 3.63) is 28.6 Å². The number of anilines is 1. The summed E-state index contributed by atoms with van der Waals surface area (Å²) in [4.78, 5) is 14.9. The fraction of sp³-hybridized carbons (Fsp3) is 0.375. The molecule has 0 aliphatic rings. The summed E-state index contributed by atoms with van der Waals surface area (Å²) in [5.74, 6) is -0.275. The lowest BCUT2D eigenvalue weighted by atomic mass is 10.1. The molecule has 0 saturated heterocycles. The third kappa shape index (κ3) is 3.01. The topological polar surface area (TPSA) is 70.1 Å². The number of hydrogen-bond acceptors (Lipinski definition) is 4.